The van der Waals surface area contributed by atoms with Gasteiger partial charge in [-0.05, 0) is 37.6 Å². The number of guanidine groups is 1. The van der Waals surface area contributed by atoms with Crippen LogP contribution in [0.1, 0.15) is 34.4 Å². The number of ketones is 1. The van der Waals surface area contributed by atoms with Crippen molar-refractivity contribution < 1.29 is 31.0 Å². The Morgan fingerprint density at radius 1 is 1.32 bits per heavy atom. The molecule has 0 saturated heterocycles. The van der Waals surface area contributed by atoms with Crippen LogP contribution in [0.5, 0.6) is 0 Å². The molecule has 2 N–H and O–H groups in total. The number of rotatable bonds is 5. The summed E-state index contributed by atoms with van der Waals surface area (Å²) in [7, 11) is -2.68. The fraction of sp³-hybridized carbons (Fsp3) is 0.400. The number of hydrogen-bond acceptors (Lipinski definition) is 7. The molecule has 0 saturated carbocycles. The smallest absolute Gasteiger partial charge is 0.369 e. The van der Waals surface area contributed by atoms with Gasteiger partial charge < -0.3 is 5.73 Å². The van der Waals surface area contributed by atoms with Gasteiger partial charge in [-0.15, -0.1) is 0 Å². The fourth-order valence-electron chi connectivity index (χ4n) is 3.60. The number of pyridine rings is 2. The molecule has 0 radical (unpaired) electrons. The summed E-state index contributed by atoms with van der Waals surface area (Å²) in [6.45, 7) is 1.17. The summed E-state index contributed by atoms with van der Waals surface area (Å²) in [4.78, 5) is 24.6. The maximum atomic E-state index is 14.8. The minimum Gasteiger partial charge on any atom is -0.369 e. The number of aryl methyl sites for hydroxylation is 1. The van der Waals surface area contributed by atoms with Gasteiger partial charge in [-0.2, -0.15) is 13.2 Å². The molecule has 2 aromatic heterocycles. The lowest BCUT2D eigenvalue weighted by atomic mass is 9.98. The first kappa shape index (κ1) is 25.5. The number of aliphatic imine (C=N–C) groups is 1. The molecule has 1 unspecified atom stereocenters. The van der Waals surface area contributed by atoms with E-state index in [0.29, 0.717) is 9.87 Å². The maximum absolute atomic E-state index is 14.8. The van der Waals surface area contributed by atoms with Gasteiger partial charge in [-0.1, -0.05) is 0 Å². The molecular weight excluding hydrogens is 483 g/mol. The van der Waals surface area contributed by atoms with Crippen molar-refractivity contribution in [1.29, 1.82) is 0 Å². The van der Waals surface area contributed by atoms with Crippen molar-refractivity contribution in [2.45, 2.75) is 32.0 Å². The number of aromatic nitrogens is 2. The largest absolute Gasteiger partial charge is 0.407 e. The zero-order valence-corrected chi connectivity index (χ0v) is 19.2. The zero-order chi connectivity index (χ0) is 25.5. The highest BCUT2D eigenvalue weighted by atomic mass is 32.2. The summed E-state index contributed by atoms with van der Waals surface area (Å²) in [5.41, 5.74) is 4.05. The Labute approximate surface area is 192 Å². The average molecular weight is 504 g/mol. The summed E-state index contributed by atoms with van der Waals surface area (Å²) in [6.07, 6.45) is -4.17. The lowest BCUT2D eigenvalue weighted by molar-refractivity contribution is -0.130. The number of carbonyl (C=O) groups is 1. The SMILES string of the molecule is CN=S1(=O)C[C@@](C)(c2nc(CC(=O)c3ncc(F)cc3C)ccc2F)N=C(N)N1CC(F)(F)F. The number of nitrogens with two attached hydrogens (primary N) is 1. The third-order valence-electron chi connectivity index (χ3n) is 5.10. The Kier molecular flexibility index (Phi) is 6.66. The molecular formula is C20H21F5N6O2S. The number of halogens is 5. The average Bonchev–Trinajstić information content (AvgIpc) is 2.71. The van der Waals surface area contributed by atoms with Crippen molar-refractivity contribution in [3.8, 4) is 0 Å². The quantitative estimate of drug-likeness (QED) is 0.497. The molecule has 0 amide bonds. The molecule has 0 fully saturated rings. The molecule has 1 aliphatic heterocycles. The molecule has 3 rings (SSSR count). The van der Waals surface area contributed by atoms with Crippen LogP contribution in [0.15, 0.2) is 33.8 Å². The number of hydrogen-bond donors (Lipinski definition) is 1. The third kappa shape index (κ3) is 5.16. The Morgan fingerprint density at radius 3 is 2.59 bits per heavy atom. The highest BCUT2D eigenvalue weighted by Gasteiger charge is 2.46. The molecule has 0 bridgehead atoms. The summed E-state index contributed by atoms with van der Waals surface area (Å²) in [5, 5.41) is 0. The van der Waals surface area contributed by atoms with E-state index in [4.69, 9.17) is 5.73 Å². The Balaban J connectivity index is 2.00. The number of Topliss-reactive ketones (excluding diaryl/α,β-unsaturated/α-hetero) is 1. The Hall–Kier alpha value is -3.16. The van der Waals surface area contributed by atoms with Crippen LogP contribution in [-0.4, -0.2) is 55.7 Å². The van der Waals surface area contributed by atoms with E-state index in [1.807, 2.05) is 0 Å². The molecule has 34 heavy (non-hydrogen) atoms. The van der Waals surface area contributed by atoms with Gasteiger partial charge in [0.15, 0.2) is 5.78 Å². The molecule has 184 valence electrons. The van der Waals surface area contributed by atoms with Gasteiger partial charge in [0.2, 0.25) is 5.96 Å². The second-order valence-corrected chi connectivity index (χ2v) is 10.2. The Morgan fingerprint density at radius 2 is 2.00 bits per heavy atom. The highest BCUT2D eigenvalue weighted by molar-refractivity contribution is 7.92. The van der Waals surface area contributed by atoms with Crippen molar-refractivity contribution >= 4 is 21.7 Å². The molecule has 14 heteroatoms. The summed E-state index contributed by atoms with van der Waals surface area (Å²) in [6, 6.07) is 3.40. The maximum Gasteiger partial charge on any atom is 0.407 e. The van der Waals surface area contributed by atoms with Crippen molar-refractivity contribution in [2.24, 2.45) is 15.1 Å². The van der Waals surface area contributed by atoms with E-state index in [-0.39, 0.29) is 23.5 Å². The summed E-state index contributed by atoms with van der Waals surface area (Å²) in [5.74, 6) is -3.35. The lowest BCUT2D eigenvalue weighted by Gasteiger charge is -2.38. The van der Waals surface area contributed by atoms with E-state index in [1.165, 1.54) is 19.9 Å². The van der Waals surface area contributed by atoms with Crippen LogP contribution in [0.25, 0.3) is 0 Å². The van der Waals surface area contributed by atoms with Crippen molar-refractivity contribution in [3.05, 3.63) is 58.7 Å². The van der Waals surface area contributed by atoms with Crippen LogP contribution in [-0.2, 0) is 21.9 Å². The fourth-order valence-corrected chi connectivity index (χ4v) is 5.70. The van der Waals surface area contributed by atoms with Crippen molar-refractivity contribution in [2.75, 3.05) is 19.3 Å². The van der Waals surface area contributed by atoms with Gasteiger partial charge in [0.05, 0.1) is 18.4 Å². The normalized spacial score (nSPS) is 22.9. The van der Waals surface area contributed by atoms with Gasteiger partial charge in [-0.25, -0.2) is 31.6 Å². The van der Waals surface area contributed by atoms with Gasteiger partial charge in [-0.3, -0.25) is 9.78 Å². The predicted molar refractivity (Wildman–Crippen MR) is 114 cm³/mol. The number of carbonyl (C=O) groups excluding carboxylic acids is 1. The van der Waals surface area contributed by atoms with Crippen LogP contribution >= 0.6 is 0 Å². The van der Waals surface area contributed by atoms with E-state index in [2.05, 4.69) is 19.3 Å². The van der Waals surface area contributed by atoms with E-state index in [0.717, 1.165) is 25.4 Å². The number of nitrogens with zero attached hydrogens (tertiary/aromatic N) is 5. The standard InChI is InChI=1S/C20H21F5N6O2S/c1-11-6-12(21)8-28-16(11)15(32)7-13-4-5-14(22)17(29-13)19(2)10-34(33,27-3)31(18(26)30-19)9-20(23,24)25/h4-6,8H,7,9-10H2,1-3H3,(H2,26,30)/t19-,34?/m0/s1. The minimum atomic E-state index is -4.74. The first-order valence-electron chi connectivity index (χ1n) is 9.81. The molecule has 1 aliphatic rings. The van der Waals surface area contributed by atoms with Gasteiger partial charge in [0, 0.05) is 12.7 Å². The first-order chi connectivity index (χ1) is 15.7. The van der Waals surface area contributed by atoms with Gasteiger partial charge in [0.25, 0.3) is 0 Å². The van der Waals surface area contributed by atoms with Crippen LogP contribution in [0, 0.1) is 18.6 Å². The first-order valence-corrected chi connectivity index (χ1v) is 11.5. The second-order valence-electron chi connectivity index (χ2n) is 7.88. The van der Waals surface area contributed by atoms with E-state index in [1.54, 1.807) is 0 Å². The molecule has 0 spiro atoms. The van der Waals surface area contributed by atoms with Gasteiger partial charge >= 0.3 is 6.18 Å². The molecule has 8 nitrogen and oxygen atoms in total. The molecule has 2 aromatic rings. The Bertz CT molecular complexity index is 1290. The lowest BCUT2D eigenvalue weighted by Crippen LogP contribution is -2.55. The molecule has 2 atom stereocenters. The van der Waals surface area contributed by atoms with Crippen molar-refractivity contribution in [1.82, 2.24) is 14.3 Å². The van der Waals surface area contributed by atoms with Crippen molar-refractivity contribution in [3.63, 3.8) is 0 Å². The van der Waals surface area contributed by atoms with E-state index >= 15 is 0 Å². The molecule has 3 heterocycles. The predicted octanol–water partition coefficient (Wildman–Crippen LogP) is 2.91. The van der Waals surface area contributed by atoms with E-state index in [9.17, 15) is 31.0 Å². The zero-order valence-electron chi connectivity index (χ0n) is 18.4. The van der Waals surface area contributed by atoms with Crippen LogP contribution in [0.3, 0.4) is 0 Å². The van der Waals surface area contributed by atoms with E-state index < -0.39 is 57.3 Å². The van der Waals surface area contributed by atoms with Crippen LogP contribution in [0.4, 0.5) is 22.0 Å². The summed E-state index contributed by atoms with van der Waals surface area (Å²) >= 11 is 0. The minimum absolute atomic E-state index is 0.0100. The number of alkyl halides is 3. The third-order valence-corrected chi connectivity index (χ3v) is 7.62. The highest BCUT2D eigenvalue weighted by Crippen LogP contribution is 2.35. The molecule has 0 aliphatic carbocycles. The van der Waals surface area contributed by atoms with Gasteiger partial charge in [0.1, 0.15) is 45.0 Å². The molecule has 0 aromatic carbocycles. The van der Waals surface area contributed by atoms with Crippen LogP contribution < -0.4 is 5.73 Å². The monoisotopic (exact) mass is 504 g/mol. The second kappa shape index (κ2) is 8.89. The topological polar surface area (TPSA) is 114 Å². The summed E-state index contributed by atoms with van der Waals surface area (Å²) < 4.78 is 84.3. The van der Waals surface area contributed by atoms with Crippen LogP contribution in [0.2, 0.25) is 0 Å².